The van der Waals surface area contributed by atoms with E-state index in [0.717, 1.165) is 19.4 Å². The molecule has 0 radical (unpaired) electrons. The standard InChI is InChI=1S/C10H23NO3/c1-3-5-11-8-10(12)9-14-7-4-6-13-2/h10-12H,3-9H2,1-2H3. The fraction of sp³-hybridized carbons (Fsp3) is 1.00. The summed E-state index contributed by atoms with van der Waals surface area (Å²) in [5, 5.41) is 12.5. The Morgan fingerprint density at radius 1 is 1.36 bits per heavy atom. The van der Waals surface area contributed by atoms with Crippen molar-refractivity contribution < 1.29 is 14.6 Å². The average Bonchev–Trinajstić information content (AvgIpc) is 2.18. The maximum atomic E-state index is 9.41. The van der Waals surface area contributed by atoms with Gasteiger partial charge in [0.15, 0.2) is 0 Å². The summed E-state index contributed by atoms with van der Waals surface area (Å²) >= 11 is 0. The fourth-order valence-corrected chi connectivity index (χ4v) is 1.03. The zero-order valence-electron chi connectivity index (χ0n) is 9.29. The average molecular weight is 205 g/mol. The normalized spacial score (nSPS) is 13.1. The van der Waals surface area contributed by atoms with Crippen LogP contribution in [0.3, 0.4) is 0 Å². The molecule has 0 aromatic heterocycles. The molecule has 0 heterocycles. The van der Waals surface area contributed by atoms with E-state index < -0.39 is 6.10 Å². The van der Waals surface area contributed by atoms with Gasteiger partial charge in [-0.15, -0.1) is 0 Å². The van der Waals surface area contributed by atoms with Crippen LogP contribution >= 0.6 is 0 Å². The zero-order chi connectivity index (χ0) is 10.6. The van der Waals surface area contributed by atoms with Crippen molar-refractivity contribution in [3.63, 3.8) is 0 Å². The highest BCUT2D eigenvalue weighted by Crippen LogP contribution is 1.87. The first-order valence-corrected chi connectivity index (χ1v) is 5.26. The molecule has 0 aliphatic rings. The van der Waals surface area contributed by atoms with Gasteiger partial charge in [0.05, 0.1) is 12.7 Å². The van der Waals surface area contributed by atoms with E-state index in [4.69, 9.17) is 9.47 Å². The van der Waals surface area contributed by atoms with Crippen molar-refractivity contribution in [3.05, 3.63) is 0 Å². The Labute approximate surface area is 86.6 Å². The van der Waals surface area contributed by atoms with Gasteiger partial charge in [-0.05, 0) is 19.4 Å². The summed E-state index contributed by atoms with van der Waals surface area (Å²) in [5.74, 6) is 0. The van der Waals surface area contributed by atoms with E-state index in [0.29, 0.717) is 26.4 Å². The molecule has 14 heavy (non-hydrogen) atoms. The van der Waals surface area contributed by atoms with E-state index in [9.17, 15) is 5.11 Å². The van der Waals surface area contributed by atoms with Crippen LogP contribution in [0.5, 0.6) is 0 Å². The molecule has 1 atom stereocenters. The molecule has 0 amide bonds. The van der Waals surface area contributed by atoms with Crippen LogP contribution in [0.15, 0.2) is 0 Å². The summed E-state index contributed by atoms with van der Waals surface area (Å²) in [5.41, 5.74) is 0. The van der Waals surface area contributed by atoms with Gasteiger partial charge in [0.1, 0.15) is 0 Å². The minimum atomic E-state index is -0.399. The smallest absolute Gasteiger partial charge is 0.0897 e. The SMILES string of the molecule is CCCNCC(O)COCCCOC. The van der Waals surface area contributed by atoms with Gasteiger partial charge in [0.2, 0.25) is 0 Å². The number of ether oxygens (including phenoxy) is 2. The maximum absolute atomic E-state index is 9.41. The van der Waals surface area contributed by atoms with Gasteiger partial charge >= 0.3 is 0 Å². The lowest BCUT2D eigenvalue weighted by Crippen LogP contribution is -2.31. The first-order chi connectivity index (χ1) is 6.81. The van der Waals surface area contributed by atoms with E-state index in [1.807, 2.05) is 0 Å². The fourth-order valence-electron chi connectivity index (χ4n) is 1.03. The monoisotopic (exact) mass is 205 g/mol. The van der Waals surface area contributed by atoms with Crippen LogP contribution < -0.4 is 5.32 Å². The van der Waals surface area contributed by atoms with Gasteiger partial charge in [-0.25, -0.2) is 0 Å². The second kappa shape index (κ2) is 10.9. The maximum Gasteiger partial charge on any atom is 0.0897 e. The molecular formula is C10H23NO3. The van der Waals surface area contributed by atoms with Crippen molar-refractivity contribution in [3.8, 4) is 0 Å². The lowest BCUT2D eigenvalue weighted by Gasteiger charge is -2.11. The minimum Gasteiger partial charge on any atom is -0.389 e. The second-order valence-corrected chi connectivity index (χ2v) is 3.28. The summed E-state index contributed by atoms with van der Waals surface area (Å²) in [6.07, 6.45) is 1.57. The highest BCUT2D eigenvalue weighted by molar-refractivity contribution is 4.57. The van der Waals surface area contributed by atoms with Gasteiger partial charge in [0, 0.05) is 26.9 Å². The van der Waals surface area contributed by atoms with E-state index in [1.54, 1.807) is 7.11 Å². The van der Waals surface area contributed by atoms with Crippen LogP contribution in [0.2, 0.25) is 0 Å². The van der Waals surface area contributed by atoms with E-state index >= 15 is 0 Å². The molecule has 0 aromatic carbocycles. The lowest BCUT2D eigenvalue weighted by molar-refractivity contribution is 0.0291. The molecule has 86 valence electrons. The molecule has 0 saturated heterocycles. The summed E-state index contributed by atoms with van der Waals surface area (Å²) in [6, 6.07) is 0. The quantitative estimate of drug-likeness (QED) is 0.507. The summed E-state index contributed by atoms with van der Waals surface area (Å²) in [6.45, 7) is 5.42. The largest absolute Gasteiger partial charge is 0.389 e. The minimum absolute atomic E-state index is 0.399. The van der Waals surface area contributed by atoms with Crippen LogP contribution in [0.1, 0.15) is 19.8 Å². The van der Waals surface area contributed by atoms with E-state index in [2.05, 4.69) is 12.2 Å². The Bertz CT molecular complexity index is 112. The third-order valence-corrected chi connectivity index (χ3v) is 1.75. The number of rotatable bonds is 10. The summed E-state index contributed by atoms with van der Waals surface area (Å²) in [7, 11) is 1.67. The Kier molecular flexibility index (Phi) is 10.8. The molecule has 0 spiro atoms. The Morgan fingerprint density at radius 2 is 2.14 bits per heavy atom. The number of hydrogen-bond donors (Lipinski definition) is 2. The van der Waals surface area contributed by atoms with Gasteiger partial charge < -0.3 is 19.9 Å². The van der Waals surface area contributed by atoms with Gasteiger partial charge in [-0.3, -0.25) is 0 Å². The third-order valence-electron chi connectivity index (χ3n) is 1.75. The predicted molar refractivity (Wildman–Crippen MR) is 56.5 cm³/mol. The molecule has 4 nitrogen and oxygen atoms in total. The molecule has 1 unspecified atom stereocenters. The topological polar surface area (TPSA) is 50.7 Å². The van der Waals surface area contributed by atoms with Gasteiger partial charge in [0.25, 0.3) is 0 Å². The predicted octanol–water partition coefficient (Wildman–Crippen LogP) is 0.400. The highest BCUT2D eigenvalue weighted by Gasteiger charge is 2.02. The number of methoxy groups -OCH3 is 1. The third kappa shape index (κ3) is 9.92. The van der Waals surface area contributed by atoms with Crippen molar-refractivity contribution in [1.29, 1.82) is 0 Å². The molecule has 0 aliphatic carbocycles. The van der Waals surface area contributed by atoms with Crippen LogP contribution in [0.4, 0.5) is 0 Å². The molecule has 2 N–H and O–H groups in total. The molecule has 4 heteroatoms. The number of aliphatic hydroxyl groups excluding tert-OH is 1. The molecule has 0 saturated carbocycles. The van der Waals surface area contributed by atoms with E-state index in [-0.39, 0.29) is 0 Å². The number of nitrogens with one attached hydrogen (secondary N) is 1. The van der Waals surface area contributed by atoms with Crippen molar-refractivity contribution in [1.82, 2.24) is 5.32 Å². The van der Waals surface area contributed by atoms with Crippen LogP contribution in [-0.4, -0.2) is 51.2 Å². The molecular weight excluding hydrogens is 182 g/mol. The number of aliphatic hydroxyl groups is 1. The first kappa shape index (κ1) is 13.8. The Morgan fingerprint density at radius 3 is 2.79 bits per heavy atom. The lowest BCUT2D eigenvalue weighted by atomic mass is 10.3. The second-order valence-electron chi connectivity index (χ2n) is 3.28. The Balaban J connectivity index is 3.06. The zero-order valence-corrected chi connectivity index (χ0v) is 9.29. The number of hydrogen-bond acceptors (Lipinski definition) is 4. The highest BCUT2D eigenvalue weighted by atomic mass is 16.5. The summed E-state index contributed by atoms with van der Waals surface area (Å²) < 4.78 is 10.1. The molecule has 0 rings (SSSR count). The van der Waals surface area contributed by atoms with Crippen molar-refractivity contribution in [2.75, 3.05) is 40.0 Å². The first-order valence-electron chi connectivity index (χ1n) is 5.26. The Hall–Kier alpha value is -0.160. The van der Waals surface area contributed by atoms with Gasteiger partial charge in [-0.1, -0.05) is 6.92 Å². The molecule has 0 aromatic rings. The summed E-state index contributed by atoms with van der Waals surface area (Å²) in [4.78, 5) is 0. The molecule has 0 fully saturated rings. The van der Waals surface area contributed by atoms with Crippen molar-refractivity contribution >= 4 is 0 Å². The van der Waals surface area contributed by atoms with E-state index in [1.165, 1.54) is 0 Å². The molecule has 0 bridgehead atoms. The van der Waals surface area contributed by atoms with Gasteiger partial charge in [-0.2, -0.15) is 0 Å². The van der Waals surface area contributed by atoms with Crippen LogP contribution in [0, 0.1) is 0 Å². The van der Waals surface area contributed by atoms with Crippen molar-refractivity contribution in [2.24, 2.45) is 0 Å². The van der Waals surface area contributed by atoms with Crippen molar-refractivity contribution in [2.45, 2.75) is 25.9 Å². The molecule has 0 aliphatic heterocycles. The van der Waals surface area contributed by atoms with Crippen LogP contribution in [-0.2, 0) is 9.47 Å². The van der Waals surface area contributed by atoms with Crippen LogP contribution in [0.25, 0.3) is 0 Å².